The minimum atomic E-state index is 0. The van der Waals surface area contributed by atoms with Gasteiger partial charge in [-0.05, 0) is 28.4 Å². The molecule has 0 bridgehead atoms. The van der Waals surface area contributed by atoms with Gasteiger partial charge in [-0.25, -0.2) is 12.2 Å². The van der Waals surface area contributed by atoms with E-state index in [1.807, 2.05) is 23.5 Å². The third-order valence-electron chi connectivity index (χ3n) is 6.87. The third kappa shape index (κ3) is 10.6. The van der Waals surface area contributed by atoms with Crippen LogP contribution in [0, 0.1) is 19.1 Å². The van der Waals surface area contributed by atoms with Gasteiger partial charge < -0.3 is 0 Å². The van der Waals surface area contributed by atoms with Crippen LogP contribution in [0.5, 0.6) is 0 Å². The van der Waals surface area contributed by atoms with Crippen molar-refractivity contribution in [2.45, 2.75) is 98.3 Å². The Bertz CT molecular complexity index is 1230. The molecule has 0 nitrogen and oxygen atoms in total. The molecule has 0 atom stereocenters. The molecule has 0 saturated heterocycles. The fourth-order valence-electron chi connectivity index (χ4n) is 4.44. The molecule has 1 heterocycles. The number of rotatable bonds is 4. The Labute approximate surface area is 275 Å². The van der Waals surface area contributed by atoms with Crippen molar-refractivity contribution in [1.82, 2.24) is 0 Å². The molecule has 40 heavy (non-hydrogen) atoms. The predicted molar refractivity (Wildman–Crippen MR) is 180 cm³/mol. The molecule has 0 spiro atoms. The van der Waals surface area contributed by atoms with E-state index >= 15 is 0 Å². The normalized spacial score (nSPS) is 12.7. The monoisotopic (exact) mass is 760 g/mol. The molecule has 1 aromatic heterocycles. The molecule has 0 N–H and O–H groups in total. The zero-order chi connectivity index (χ0) is 27.9. The summed E-state index contributed by atoms with van der Waals surface area (Å²) >= 11 is 3.18. The standard InChI is InChI=1S/C21H25.C10H14S.C5H5.2ClH.Hf/c1-20(2,3)16-7-9-18-14(12-16)11-15-13-17(21(4,5)6)8-10-19(15)18;1-3-4-5-6-10-8-7-9(2)11-10;1-2-4-5-3-1;;;/h7-10,12H,11H2,1-6H3;7-8H,3-5H2,1-2H3;1-3H,4H2;2*1H;/q-1;;-1;;;+2. The van der Waals surface area contributed by atoms with Crippen LogP contribution in [0.25, 0.3) is 11.1 Å². The van der Waals surface area contributed by atoms with Gasteiger partial charge in [-0.15, -0.1) is 42.4 Å². The maximum absolute atomic E-state index is 3.67. The minimum Gasteiger partial charge on any atom is -0.273 e. The summed E-state index contributed by atoms with van der Waals surface area (Å²) in [6, 6.07) is 19.7. The van der Waals surface area contributed by atoms with E-state index in [1.165, 1.54) is 86.3 Å². The van der Waals surface area contributed by atoms with E-state index in [4.69, 9.17) is 0 Å². The Morgan fingerprint density at radius 3 is 2.12 bits per heavy atom. The second kappa shape index (κ2) is 16.5. The van der Waals surface area contributed by atoms with Crippen LogP contribution in [0.3, 0.4) is 0 Å². The van der Waals surface area contributed by atoms with Crippen molar-refractivity contribution in [3.05, 3.63) is 105 Å². The van der Waals surface area contributed by atoms with E-state index in [9.17, 15) is 0 Å². The van der Waals surface area contributed by atoms with Crippen LogP contribution in [0.15, 0.2) is 60.7 Å². The Kier molecular flexibility index (Phi) is 15.3. The summed E-state index contributed by atoms with van der Waals surface area (Å²) < 4.78 is 1.69. The van der Waals surface area contributed by atoms with Gasteiger partial charge in [0, 0.05) is 0 Å². The summed E-state index contributed by atoms with van der Waals surface area (Å²) in [7, 11) is 0. The maximum Gasteiger partial charge on any atom is -0.109 e. The molecule has 0 aliphatic heterocycles. The number of halogens is 2. The Hall–Kier alpha value is -1.06. The van der Waals surface area contributed by atoms with Gasteiger partial charge in [-0.3, -0.25) is 6.08 Å². The molecule has 0 unspecified atom stereocenters. The topological polar surface area (TPSA) is 0 Å². The first-order valence-corrected chi connectivity index (χ1v) is 16.6. The fourth-order valence-corrected chi connectivity index (χ4v) is 6.77. The number of benzene rings is 2. The van der Waals surface area contributed by atoms with E-state index in [-0.39, 0.29) is 35.6 Å². The van der Waals surface area contributed by atoms with Gasteiger partial charge in [0.1, 0.15) is 0 Å². The Balaban J connectivity index is 0.000000356. The van der Waals surface area contributed by atoms with Crippen LogP contribution in [0.1, 0.15) is 106 Å². The Morgan fingerprint density at radius 1 is 0.925 bits per heavy atom. The zero-order valence-electron chi connectivity index (χ0n) is 25.5. The van der Waals surface area contributed by atoms with Crippen LogP contribution < -0.4 is 0 Å². The number of aryl methyl sites for hydroxylation is 1. The molecule has 4 heteroatoms. The number of unbranched alkanes of at least 4 members (excludes halogenated alkanes) is 1. The number of thiophene rings is 1. The molecule has 0 radical (unpaired) electrons. The molecular weight excluding hydrogens is 714 g/mol. The van der Waals surface area contributed by atoms with E-state index in [1.54, 1.807) is 3.26 Å². The van der Waals surface area contributed by atoms with E-state index < -0.39 is 0 Å². The summed E-state index contributed by atoms with van der Waals surface area (Å²) in [5.74, 6) is 0. The summed E-state index contributed by atoms with van der Waals surface area (Å²) in [6.07, 6.45) is 15.0. The van der Waals surface area contributed by atoms with Crippen molar-refractivity contribution in [2.75, 3.05) is 0 Å². The van der Waals surface area contributed by atoms with Gasteiger partial charge in [0.05, 0.1) is 0 Å². The van der Waals surface area contributed by atoms with E-state index in [0.717, 1.165) is 12.8 Å². The largest absolute Gasteiger partial charge is 0.273 e. The van der Waals surface area contributed by atoms with Crippen molar-refractivity contribution >= 4 is 39.4 Å². The van der Waals surface area contributed by atoms with Crippen molar-refractivity contribution in [2.24, 2.45) is 0 Å². The van der Waals surface area contributed by atoms with Crippen LogP contribution in [0.4, 0.5) is 0 Å². The molecule has 3 aromatic rings. The molecular formula is C36H46Cl2HfS. The van der Waals surface area contributed by atoms with Crippen molar-refractivity contribution < 1.29 is 23.9 Å². The molecule has 0 saturated carbocycles. The van der Waals surface area contributed by atoms with Gasteiger partial charge in [-0.1, -0.05) is 65.3 Å². The summed E-state index contributed by atoms with van der Waals surface area (Å²) in [6.45, 7) is 18.0. The second-order valence-electron chi connectivity index (χ2n) is 12.3. The average Bonchev–Trinajstić information content (AvgIpc) is 3.62. The van der Waals surface area contributed by atoms with Crippen LogP contribution in [0.2, 0.25) is 0 Å². The van der Waals surface area contributed by atoms with Crippen LogP contribution >= 0.6 is 36.2 Å². The van der Waals surface area contributed by atoms with Crippen molar-refractivity contribution in [3.8, 4) is 11.1 Å². The third-order valence-corrected chi connectivity index (χ3v) is 10.4. The minimum absolute atomic E-state index is 0. The first-order valence-electron chi connectivity index (χ1n) is 14.0. The van der Waals surface area contributed by atoms with E-state index in [0.29, 0.717) is 0 Å². The van der Waals surface area contributed by atoms with Crippen LogP contribution in [-0.2, 0) is 41.1 Å². The smallest absolute Gasteiger partial charge is 0.109 e. The van der Waals surface area contributed by atoms with Crippen LogP contribution in [-0.4, -0.2) is 3.26 Å². The number of allylic oxidation sites excluding steroid dienone is 4. The van der Waals surface area contributed by atoms with Gasteiger partial charge in [-0.2, -0.15) is 29.8 Å². The molecule has 2 aromatic carbocycles. The predicted octanol–water partition coefficient (Wildman–Crippen LogP) is 11.1. The number of fused-ring (bicyclic) bond motifs is 3. The van der Waals surface area contributed by atoms with Gasteiger partial charge in [0.15, 0.2) is 0 Å². The molecule has 2 aliphatic carbocycles. The van der Waals surface area contributed by atoms with Crippen molar-refractivity contribution in [3.63, 3.8) is 0 Å². The first kappa shape index (κ1) is 37.0. The molecule has 0 fully saturated rings. The zero-order valence-corrected chi connectivity index (χ0v) is 31.6. The summed E-state index contributed by atoms with van der Waals surface area (Å²) in [5, 5.41) is 0. The second-order valence-corrected chi connectivity index (χ2v) is 15.8. The Morgan fingerprint density at radius 2 is 1.62 bits per heavy atom. The SMILES string of the molecule is CC(C)(C)c1[c-]c2c(cc1)-c1ccc(C(C)(C)C)cc1C2.CCCC[C](=[Hf+2])c1ccc(C)s1.Cl.Cl.[C-]1=CC=CC1. The summed E-state index contributed by atoms with van der Waals surface area (Å²) in [5.41, 5.74) is 8.70. The molecule has 2 aliphatic rings. The fraction of sp³-hybridized carbons (Fsp3) is 0.417. The van der Waals surface area contributed by atoms with Gasteiger partial charge in [0.2, 0.25) is 0 Å². The molecule has 5 rings (SSSR count). The molecule has 214 valence electrons. The molecule has 0 amide bonds. The van der Waals surface area contributed by atoms with Crippen molar-refractivity contribution in [1.29, 1.82) is 0 Å². The average molecular weight is 760 g/mol. The number of hydrogen-bond acceptors (Lipinski definition) is 1. The van der Waals surface area contributed by atoms with Gasteiger partial charge in [0.25, 0.3) is 0 Å². The quantitative estimate of drug-likeness (QED) is 0.144. The maximum atomic E-state index is 3.67. The first-order chi connectivity index (χ1) is 17.9. The number of hydrogen-bond donors (Lipinski definition) is 0. The van der Waals surface area contributed by atoms with E-state index in [2.05, 4.69) is 116 Å². The summed E-state index contributed by atoms with van der Waals surface area (Å²) in [4.78, 5) is 2.97. The van der Waals surface area contributed by atoms with Gasteiger partial charge >= 0.3 is 93.5 Å².